The first-order valence-corrected chi connectivity index (χ1v) is 7.36. The summed E-state index contributed by atoms with van der Waals surface area (Å²) < 4.78 is 0. The normalized spacial score (nSPS) is 17.6. The van der Waals surface area contributed by atoms with Crippen molar-refractivity contribution in [1.29, 1.82) is 0 Å². The highest BCUT2D eigenvalue weighted by Gasteiger charge is 2.30. The van der Waals surface area contributed by atoms with Crippen LogP contribution in [0.3, 0.4) is 0 Å². The van der Waals surface area contributed by atoms with Gasteiger partial charge in [0.15, 0.2) is 6.10 Å². The van der Waals surface area contributed by atoms with Gasteiger partial charge in [0.05, 0.1) is 0 Å². The minimum atomic E-state index is -1.31. The maximum atomic E-state index is 12.3. The van der Waals surface area contributed by atoms with Gasteiger partial charge >= 0.3 is 0 Å². The molecule has 0 aliphatic carbocycles. The maximum Gasteiger partial charge on any atom is 0.256 e. The monoisotopic (exact) mass is 330 g/mol. The molecule has 21 heavy (non-hydrogen) atoms. The number of rotatable bonds is 3. The van der Waals surface area contributed by atoms with E-state index in [4.69, 9.17) is 28.9 Å². The van der Waals surface area contributed by atoms with E-state index in [2.05, 4.69) is 0 Å². The summed E-state index contributed by atoms with van der Waals surface area (Å²) in [4.78, 5) is 24.9. The predicted molar refractivity (Wildman–Crippen MR) is 79.9 cm³/mol. The van der Waals surface area contributed by atoms with Gasteiger partial charge in [-0.3, -0.25) is 9.59 Å². The Morgan fingerprint density at radius 3 is 2.19 bits per heavy atom. The van der Waals surface area contributed by atoms with Crippen LogP contribution in [0.2, 0.25) is 10.0 Å². The molecule has 5 nitrogen and oxygen atoms in total. The molecule has 0 spiro atoms. The fourth-order valence-corrected chi connectivity index (χ4v) is 2.98. The fourth-order valence-electron chi connectivity index (χ4n) is 2.43. The van der Waals surface area contributed by atoms with Crippen LogP contribution in [0.25, 0.3) is 0 Å². The van der Waals surface area contributed by atoms with Gasteiger partial charge in [-0.1, -0.05) is 23.2 Å². The summed E-state index contributed by atoms with van der Waals surface area (Å²) in [5, 5.41) is 10.9. The van der Waals surface area contributed by atoms with Crippen LogP contribution in [0.5, 0.6) is 0 Å². The van der Waals surface area contributed by atoms with Gasteiger partial charge in [-0.05, 0) is 36.6 Å². The van der Waals surface area contributed by atoms with Gasteiger partial charge in [-0.2, -0.15) is 0 Å². The number of carbonyl (C=O) groups excluding carboxylic acids is 2. The molecule has 0 saturated carbocycles. The number of halogens is 2. The average Bonchev–Trinajstić information content (AvgIpc) is 2.44. The zero-order chi connectivity index (χ0) is 15.6. The van der Waals surface area contributed by atoms with Crippen LogP contribution in [0, 0.1) is 5.92 Å². The van der Waals surface area contributed by atoms with Crippen molar-refractivity contribution in [1.82, 2.24) is 4.90 Å². The Bertz CT molecular complexity index is 537. The highest BCUT2D eigenvalue weighted by atomic mass is 35.5. The molecule has 1 saturated heterocycles. The summed E-state index contributed by atoms with van der Waals surface area (Å²) in [6.45, 7) is 0.801. The molecule has 1 aliphatic heterocycles. The first-order valence-electron chi connectivity index (χ1n) is 6.60. The van der Waals surface area contributed by atoms with Crippen molar-refractivity contribution in [3.63, 3.8) is 0 Å². The molecular weight excluding hydrogens is 315 g/mol. The lowest BCUT2D eigenvalue weighted by Crippen LogP contribution is -2.43. The van der Waals surface area contributed by atoms with Gasteiger partial charge in [0.1, 0.15) is 0 Å². The molecule has 7 heteroatoms. The van der Waals surface area contributed by atoms with Crippen LogP contribution in [0.4, 0.5) is 0 Å². The van der Waals surface area contributed by atoms with Crippen LogP contribution in [0.15, 0.2) is 18.2 Å². The molecule has 0 bridgehead atoms. The molecule has 1 atom stereocenters. The van der Waals surface area contributed by atoms with E-state index in [1.165, 1.54) is 23.1 Å². The third-order valence-corrected chi connectivity index (χ3v) is 4.08. The van der Waals surface area contributed by atoms with Gasteiger partial charge < -0.3 is 15.7 Å². The van der Waals surface area contributed by atoms with Crippen LogP contribution in [-0.2, 0) is 9.59 Å². The lowest BCUT2D eigenvalue weighted by atomic mass is 9.95. The molecule has 1 fully saturated rings. The predicted octanol–water partition coefficient (Wildman–Crippen LogP) is 1.75. The van der Waals surface area contributed by atoms with Crippen molar-refractivity contribution >= 4 is 35.0 Å². The first kappa shape index (κ1) is 16.1. The van der Waals surface area contributed by atoms with Crippen LogP contribution >= 0.6 is 23.2 Å². The molecule has 1 aliphatic rings. The number of likely N-dealkylation sites (tertiary alicyclic amines) is 1. The third kappa shape index (κ3) is 3.87. The van der Waals surface area contributed by atoms with E-state index in [1.807, 2.05) is 0 Å². The van der Waals surface area contributed by atoms with E-state index in [9.17, 15) is 14.7 Å². The summed E-state index contributed by atoms with van der Waals surface area (Å²) in [5.41, 5.74) is 5.61. The molecule has 1 aromatic rings. The summed E-state index contributed by atoms with van der Waals surface area (Å²) in [5.74, 6) is -0.965. The average molecular weight is 331 g/mol. The number of benzene rings is 1. The van der Waals surface area contributed by atoms with Crippen molar-refractivity contribution < 1.29 is 14.7 Å². The Labute approximate surface area is 132 Å². The van der Waals surface area contributed by atoms with Gasteiger partial charge in [0.2, 0.25) is 5.91 Å². The number of hydrogen-bond donors (Lipinski definition) is 2. The number of carbonyl (C=O) groups is 2. The summed E-state index contributed by atoms with van der Waals surface area (Å²) in [6, 6.07) is 4.54. The third-order valence-electron chi connectivity index (χ3n) is 3.64. The number of hydrogen-bond acceptors (Lipinski definition) is 3. The lowest BCUT2D eigenvalue weighted by molar-refractivity contribution is -0.143. The molecule has 114 valence electrons. The van der Waals surface area contributed by atoms with Gasteiger partial charge in [0, 0.05) is 29.1 Å². The van der Waals surface area contributed by atoms with Crippen molar-refractivity contribution in [3.8, 4) is 0 Å². The van der Waals surface area contributed by atoms with Gasteiger partial charge in [-0.25, -0.2) is 0 Å². The Morgan fingerprint density at radius 2 is 1.71 bits per heavy atom. The molecule has 1 unspecified atom stereocenters. The summed E-state index contributed by atoms with van der Waals surface area (Å²) in [7, 11) is 0. The number of nitrogens with two attached hydrogens (primary N) is 1. The summed E-state index contributed by atoms with van der Waals surface area (Å²) >= 11 is 11.7. The number of aliphatic hydroxyl groups excluding tert-OH is 1. The Balaban J connectivity index is 2.04. The lowest BCUT2D eigenvalue weighted by Gasteiger charge is -2.32. The standard InChI is InChI=1S/C14H16Cl2N2O3/c15-10-5-9(6-11(16)7-10)12(19)14(21)18-3-1-8(2-4-18)13(17)20/h5-8,12,19H,1-4H2,(H2,17,20). The fraction of sp³-hybridized carbons (Fsp3) is 0.429. The quantitative estimate of drug-likeness (QED) is 0.885. The molecule has 2 amide bonds. The SMILES string of the molecule is NC(=O)C1CCN(C(=O)C(O)c2cc(Cl)cc(Cl)c2)CC1. The first-order chi connectivity index (χ1) is 9.88. The van der Waals surface area contributed by atoms with Crippen LogP contribution in [0.1, 0.15) is 24.5 Å². The van der Waals surface area contributed by atoms with Crippen molar-refractivity contribution in [3.05, 3.63) is 33.8 Å². The highest BCUT2D eigenvalue weighted by molar-refractivity contribution is 6.34. The number of aliphatic hydroxyl groups is 1. The van der Waals surface area contributed by atoms with Crippen molar-refractivity contribution in [2.45, 2.75) is 18.9 Å². The maximum absolute atomic E-state index is 12.3. The van der Waals surface area contributed by atoms with E-state index in [0.717, 1.165) is 0 Å². The second kappa shape index (κ2) is 6.64. The molecule has 0 aromatic heterocycles. The smallest absolute Gasteiger partial charge is 0.256 e. The van der Waals surface area contributed by atoms with E-state index in [0.29, 0.717) is 41.5 Å². The van der Waals surface area contributed by atoms with E-state index >= 15 is 0 Å². The molecular formula is C14H16Cl2N2O3. The highest BCUT2D eigenvalue weighted by Crippen LogP contribution is 2.26. The number of nitrogens with zero attached hydrogens (tertiary/aromatic N) is 1. The van der Waals surface area contributed by atoms with Gasteiger partial charge in [-0.15, -0.1) is 0 Å². The molecule has 3 N–H and O–H groups in total. The zero-order valence-electron chi connectivity index (χ0n) is 11.3. The summed E-state index contributed by atoms with van der Waals surface area (Å²) in [6.07, 6.45) is -0.278. The molecule has 2 rings (SSSR count). The zero-order valence-corrected chi connectivity index (χ0v) is 12.8. The number of amides is 2. The molecule has 1 aromatic carbocycles. The van der Waals surface area contributed by atoms with E-state index in [-0.39, 0.29) is 11.8 Å². The van der Waals surface area contributed by atoms with E-state index < -0.39 is 12.0 Å². The number of primary amides is 1. The van der Waals surface area contributed by atoms with Gasteiger partial charge in [0.25, 0.3) is 5.91 Å². The minimum absolute atomic E-state index is 0.202. The second-order valence-corrected chi connectivity index (χ2v) is 5.98. The Morgan fingerprint density at radius 1 is 1.19 bits per heavy atom. The van der Waals surface area contributed by atoms with Crippen LogP contribution < -0.4 is 5.73 Å². The largest absolute Gasteiger partial charge is 0.378 e. The topological polar surface area (TPSA) is 83.6 Å². The van der Waals surface area contributed by atoms with E-state index in [1.54, 1.807) is 0 Å². The van der Waals surface area contributed by atoms with Crippen molar-refractivity contribution in [2.75, 3.05) is 13.1 Å². The Kier molecular flexibility index (Phi) is 5.08. The molecule has 0 radical (unpaired) electrons. The van der Waals surface area contributed by atoms with Crippen molar-refractivity contribution in [2.24, 2.45) is 11.7 Å². The molecule has 1 heterocycles. The Hall–Kier alpha value is -1.30. The van der Waals surface area contributed by atoms with Crippen LogP contribution in [-0.4, -0.2) is 34.9 Å². The minimum Gasteiger partial charge on any atom is -0.378 e. The second-order valence-electron chi connectivity index (χ2n) is 5.11. The number of piperidine rings is 1.